The highest BCUT2D eigenvalue weighted by Crippen LogP contribution is 2.52. The molecule has 4 nitrogen and oxygen atoms in total. The van der Waals surface area contributed by atoms with E-state index in [-0.39, 0.29) is 35.6 Å². The Morgan fingerprint density at radius 3 is 2.35 bits per heavy atom. The molecule has 4 rings (SSSR count). The SMILES string of the molecule is Cc1cc(Cl)ncc1C1C(=O)[C@@H]2C3CCC(O3)[C@@H]2C1=O. The van der Waals surface area contributed by atoms with E-state index in [4.69, 9.17) is 16.3 Å². The second-order valence-corrected chi connectivity index (χ2v) is 6.33. The third-order valence-corrected chi connectivity index (χ3v) is 5.13. The van der Waals surface area contributed by atoms with Gasteiger partial charge >= 0.3 is 0 Å². The summed E-state index contributed by atoms with van der Waals surface area (Å²) in [6, 6.07) is 1.71. The molecule has 3 fully saturated rings. The van der Waals surface area contributed by atoms with Gasteiger partial charge in [0.15, 0.2) is 11.6 Å². The number of carbonyl (C=O) groups excluding carboxylic acids is 2. The maximum absolute atomic E-state index is 12.7. The van der Waals surface area contributed by atoms with Gasteiger partial charge in [-0.15, -0.1) is 0 Å². The lowest BCUT2D eigenvalue weighted by atomic mass is 9.81. The van der Waals surface area contributed by atoms with Gasteiger partial charge in [-0.2, -0.15) is 0 Å². The van der Waals surface area contributed by atoms with Gasteiger partial charge in [0.1, 0.15) is 11.1 Å². The molecule has 3 aliphatic rings. The highest BCUT2D eigenvalue weighted by molar-refractivity contribution is 6.29. The number of Topliss-reactive ketones (excluding diaryl/α,β-unsaturated/α-hetero) is 2. The fourth-order valence-corrected chi connectivity index (χ4v) is 4.28. The standard InChI is InChI=1S/C15H14ClNO3/c1-6-4-10(16)17-5-7(6)11-14(18)12-8-2-3-9(20-8)13(12)15(11)19/h4-5,8-9,11-13H,2-3H2,1H3/t8?,9?,11?,12-,13+. The van der Waals surface area contributed by atoms with Crippen LogP contribution in [0.25, 0.3) is 0 Å². The molecule has 0 amide bonds. The van der Waals surface area contributed by atoms with Crippen LogP contribution in [0.3, 0.4) is 0 Å². The Kier molecular flexibility index (Phi) is 2.57. The topological polar surface area (TPSA) is 56.3 Å². The average Bonchev–Trinajstić information content (AvgIpc) is 3.06. The van der Waals surface area contributed by atoms with Crippen molar-refractivity contribution >= 4 is 23.2 Å². The Bertz CT molecular complexity index is 602. The number of pyridine rings is 1. The first-order valence-electron chi connectivity index (χ1n) is 6.93. The second-order valence-electron chi connectivity index (χ2n) is 5.94. The van der Waals surface area contributed by atoms with E-state index in [1.165, 1.54) is 0 Å². The summed E-state index contributed by atoms with van der Waals surface area (Å²) in [6.45, 7) is 1.86. The Hall–Kier alpha value is -1.26. The monoisotopic (exact) mass is 291 g/mol. The molecule has 20 heavy (non-hydrogen) atoms. The van der Waals surface area contributed by atoms with Gasteiger partial charge in [-0.1, -0.05) is 11.6 Å². The molecule has 2 bridgehead atoms. The van der Waals surface area contributed by atoms with Crippen molar-refractivity contribution in [1.29, 1.82) is 0 Å². The molecule has 3 unspecified atom stereocenters. The first-order valence-corrected chi connectivity index (χ1v) is 7.30. The number of aromatic nitrogens is 1. The Morgan fingerprint density at radius 1 is 1.20 bits per heavy atom. The molecular formula is C15H14ClNO3. The minimum absolute atomic E-state index is 0.0134. The molecule has 1 aromatic rings. The van der Waals surface area contributed by atoms with Crippen molar-refractivity contribution in [3.63, 3.8) is 0 Å². The fourth-order valence-electron chi connectivity index (χ4n) is 4.07. The number of ether oxygens (including phenoxy) is 1. The number of halogens is 1. The van der Waals surface area contributed by atoms with Crippen LogP contribution in [0.15, 0.2) is 12.3 Å². The summed E-state index contributed by atoms with van der Waals surface area (Å²) in [5, 5.41) is 0.382. The van der Waals surface area contributed by atoms with Crippen LogP contribution in [-0.4, -0.2) is 28.8 Å². The molecule has 0 spiro atoms. The number of aryl methyl sites for hydroxylation is 1. The smallest absolute Gasteiger partial charge is 0.154 e. The average molecular weight is 292 g/mol. The molecule has 1 aliphatic carbocycles. The summed E-state index contributed by atoms with van der Waals surface area (Å²) in [4.78, 5) is 29.4. The first-order chi connectivity index (χ1) is 9.58. The molecule has 5 heteroatoms. The zero-order valence-electron chi connectivity index (χ0n) is 11.0. The predicted molar refractivity (Wildman–Crippen MR) is 71.6 cm³/mol. The second kappa shape index (κ2) is 4.12. The van der Waals surface area contributed by atoms with Crippen molar-refractivity contribution in [2.75, 3.05) is 0 Å². The van der Waals surface area contributed by atoms with Crippen molar-refractivity contribution in [3.05, 3.63) is 28.5 Å². The van der Waals surface area contributed by atoms with Gasteiger partial charge < -0.3 is 4.74 Å². The van der Waals surface area contributed by atoms with E-state index in [1.807, 2.05) is 6.92 Å². The van der Waals surface area contributed by atoms with E-state index >= 15 is 0 Å². The summed E-state index contributed by atoms with van der Waals surface area (Å²) < 4.78 is 5.74. The number of ketones is 2. The number of hydrogen-bond acceptors (Lipinski definition) is 4. The van der Waals surface area contributed by atoms with Crippen LogP contribution in [0.4, 0.5) is 0 Å². The lowest BCUT2D eigenvalue weighted by molar-refractivity contribution is -0.127. The lowest BCUT2D eigenvalue weighted by Crippen LogP contribution is -2.29. The van der Waals surface area contributed by atoms with Crippen molar-refractivity contribution in [3.8, 4) is 0 Å². The first kappa shape index (κ1) is 12.5. The van der Waals surface area contributed by atoms with E-state index < -0.39 is 5.92 Å². The van der Waals surface area contributed by atoms with Crippen LogP contribution in [-0.2, 0) is 14.3 Å². The van der Waals surface area contributed by atoms with E-state index in [1.54, 1.807) is 12.3 Å². The van der Waals surface area contributed by atoms with Crippen LogP contribution in [0.2, 0.25) is 5.15 Å². The van der Waals surface area contributed by atoms with Gasteiger partial charge in [-0.3, -0.25) is 9.59 Å². The number of hydrogen-bond donors (Lipinski definition) is 0. The van der Waals surface area contributed by atoms with Crippen LogP contribution in [0.5, 0.6) is 0 Å². The molecule has 2 aliphatic heterocycles. The van der Waals surface area contributed by atoms with Crippen molar-refractivity contribution in [2.45, 2.75) is 37.9 Å². The number of nitrogens with zero attached hydrogens (tertiary/aromatic N) is 1. The molecular weight excluding hydrogens is 278 g/mol. The van der Waals surface area contributed by atoms with Crippen molar-refractivity contribution in [1.82, 2.24) is 4.98 Å². The fraction of sp³-hybridized carbons (Fsp3) is 0.533. The van der Waals surface area contributed by atoms with E-state index in [0.29, 0.717) is 10.7 Å². The molecule has 3 heterocycles. The van der Waals surface area contributed by atoms with E-state index in [9.17, 15) is 9.59 Å². The van der Waals surface area contributed by atoms with Gasteiger partial charge in [0.05, 0.1) is 24.0 Å². The van der Waals surface area contributed by atoms with Crippen LogP contribution >= 0.6 is 11.6 Å². The van der Waals surface area contributed by atoms with E-state index in [0.717, 1.165) is 18.4 Å². The highest BCUT2D eigenvalue weighted by Gasteiger charge is 2.63. The summed E-state index contributed by atoms with van der Waals surface area (Å²) in [6.07, 6.45) is 3.27. The molecule has 1 aromatic heterocycles. The third kappa shape index (κ3) is 1.49. The van der Waals surface area contributed by atoms with Gasteiger partial charge in [-0.25, -0.2) is 4.98 Å². The van der Waals surface area contributed by atoms with Crippen molar-refractivity contribution in [2.24, 2.45) is 11.8 Å². The Balaban J connectivity index is 1.77. The normalized spacial score (nSPS) is 38.6. The molecule has 104 valence electrons. The number of rotatable bonds is 1. The maximum atomic E-state index is 12.7. The minimum atomic E-state index is -0.665. The molecule has 1 saturated carbocycles. The highest BCUT2D eigenvalue weighted by atomic mass is 35.5. The van der Waals surface area contributed by atoms with Crippen LogP contribution in [0.1, 0.15) is 29.9 Å². The maximum Gasteiger partial charge on any atom is 0.154 e. The molecule has 2 saturated heterocycles. The van der Waals surface area contributed by atoms with Crippen LogP contribution < -0.4 is 0 Å². The third-order valence-electron chi connectivity index (χ3n) is 4.93. The van der Waals surface area contributed by atoms with Gasteiger partial charge in [0.2, 0.25) is 0 Å². The Labute approximate surface area is 121 Å². The molecule has 0 aromatic carbocycles. The quantitative estimate of drug-likeness (QED) is 0.587. The summed E-state index contributed by atoms with van der Waals surface area (Å²) in [5.74, 6) is -1.11. The van der Waals surface area contributed by atoms with E-state index in [2.05, 4.69) is 4.98 Å². The molecule has 0 N–H and O–H groups in total. The van der Waals surface area contributed by atoms with Gasteiger partial charge in [0, 0.05) is 6.20 Å². The largest absolute Gasteiger partial charge is 0.373 e. The Morgan fingerprint density at radius 2 is 1.80 bits per heavy atom. The van der Waals surface area contributed by atoms with Crippen LogP contribution in [0, 0.1) is 18.8 Å². The lowest BCUT2D eigenvalue weighted by Gasteiger charge is -2.16. The zero-order valence-corrected chi connectivity index (χ0v) is 11.8. The number of carbonyl (C=O) groups is 2. The summed E-state index contributed by atoms with van der Waals surface area (Å²) in [5.41, 5.74) is 1.56. The minimum Gasteiger partial charge on any atom is -0.373 e. The van der Waals surface area contributed by atoms with Gasteiger partial charge in [0.25, 0.3) is 0 Å². The van der Waals surface area contributed by atoms with Crippen molar-refractivity contribution < 1.29 is 14.3 Å². The zero-order chi connectivity index (χ0) is 14.0. The molecule has 0 radical (unpaired) electrons. The molecule has 5 atom stereocenters. The van der Waals surface area contributed by atoms with Gasteiger partial charge in [-0.05, 0) is 37.0 Å². The predicted octanol–water partition coefficient (Wildman–Crippen LogP) is 2.07. The number of fused-ring (bicyclic) bond motifs is 5. The summed E-state index contributed by atoms with van der Waals surface area (Å²) in [7, 11) is 0. The summed E-state index contributed by atoms with van der Waals surface area (Å²) >= 11 is 5.85.